The van der Waals surface area contributed by atoms with Crippen LogP contribution in [0.4, 0.5) is 11.6 Å². The molecule has 0 unspecified atom stereocenters. The van der Waals surface area contributed by atoms with Gasteiger partial charge in [-0.3, -0.25) is 14.1 Å². The largest absolute Gasteiger partial charge is 0.497 e. The van der Waals surface area contributed by atoms with Crippen LogP contribution in [0, 0.1) is 0 Å². The van der Waals surface area contributed by atoms with E-state index in [2.05, 4.69) is 37.3 Å². The lowest BCUT2D eigenvalue weighted by molar-refractivity contribution is -0.111. The van der Waals surface area contributed by atoms with Gasteiger partial charge in [0.15, 0.2) is 11.3 Å². The monoisotopic (exact) mass is 628 g/mol. The Kier molecular flexibility index (Phi) is 9.06. The molecule has 6 rings (SSSR count). The number of aromatic nitrogens is 5. The van der Waals surface area contributed by atoms with Gasteiger partial charge in [-0.05, 0) is 35.9 Å². The molecule has 0 radical (unpaired) electrons. The topological polar surface area (TPSA) is 128 Å². The number of carbonyl (C=O) groups excluding carboxylic acids is 1. The van der Waals surface area contributed by atoms with Gasteiger partial charge in [0.05, 0.1) is 32.5 Å². The van der Waals surface area contributed by atoms with Crippen LogP contribution in [0.1, 0.15) is 11.4 Å². The first-order chi connectivity index (χ1) is 22.0. The van der Waals surface area contributed by atoms with Gasteiger partial charge in [-0.1, -0.05) is 30.3 Å². The highest BCUT2D eigenvalue weighted by Gasteiger charge is 2.21. The van der Waals surface area contributed by atoms with Crippen LogP contribution in [-0.2, 0) is 16.0 Å². The zero-order valence-corrected chi connectivity index (χ0v) is 25.8. The smallest absolute Gasteiger partial charge is 0.247 e. The molecule has 2 N–H and O–H groups in total. The molecule has 5 aromatic rings. The van der Waals surface area contributed by atoms with Crippen molar-refractivity contribution in [2.24, 2.45) is 0 Å². The lowest BCUT2D eigenvalue weighted by Crippen LogP contribution is -2.39. The van der Waals surface area contributed by atoms with Gasteiger partial charge in [0.2, 0.25) is 11.9 Å². The Balaban J connectivity index is 1.42. The Morgan fingerprint density at radius 3 is 2.60 bits per heavy atom. The number of benzene rings is 2. The molecule has 1 saturated heterocycles. The molecule has 0 atom stereocenters. The van der Waals surface area contributed by atoms with Crippen LogP contribution in [0.3, 0.4) is 0 Å². The number of hydrogen-bond acceptors (Lipinski definition) is 10. The molecule has 4 heterocycles. The van der Waals surface area contributed by atoms with Crippen molar-refractivity contribution in [1.82, 2.24) is 29.5 Å². The highest BCUT2D eigenvalue weighted by Crippen LogP contribution is 2.41. The van der Waals surface area contributed by atoms with Crippen LogP contribution >= 0.6 is 11.6 Å². The lowest BCUT2D eigenvalue weighted by atomic mass is 10.0. The number of pyridine rings is 1. The van der Waals surface area contributed by atoms with Crippen molar-refractivity contribution in [3.05, 3.63) is 77.7 Å². The predicted molar refractivity (Wildman–Crippen MR) is 173 cm³/mol. The van der Waals surface area contributed by atoms with Gasteiger partial charge in [-0.25, -0.2) is 4.98 Å². The average molecular weight is 629 g/mol. The van der Waals surface area contributed by atoms with Crippen molar-refractivity contribution >= 4 is 45.8 Å². The van der Waals surface area contributed by atoms with Crippen molar-refractivity contribution in [3.8, 4) is 22.6 Å². The molecule has 3 aromatic heterocycles. The summed E-state index contributed by atoms with van der Waals surface area (Å²) in [5.41, 5.74) is 4.26. The summed E-state index contributed by atoms with van der Waals surface area (Å²) in [4.78, 5) is 23.6. The Morgan fingerprint density at radius 1 is 1.07 bits per heavy atom. The van der Waals surface area contributed by atoms with Crippen LogP contribution in [0.15, 0.2) is 61.3 Å². The number of nitrogens with zero attached hydrogens (tertiary/aromatic N) is 6. The first kappa shape index (κ1) is 30.3. The number of hydrogen-bond donors (Lipinski definition) is 2. The number of carbonyl (C=O) groups is 1. The molecule has 0 aliphatic carbocycles. The van der Waals surface area contributed by atoms with E-state index in [1.165, 1.54) is 6.08 Å². The van der Waals surface area contributed by atoms with Gasteiger partial charge in [-0.2, -0.15) is 4.98 Å². The van der Waals surface area contributed by atoms with Gasteiger partial charge >= 0.3 is 0 Å². The molecule has 0 spiro atoms. The van der Waals surface area contributed by atoms with E-state index in [-0.39, 0.29) is 5.91 Å². The second-order valence-electron chi connectivity index (χ2n) is 10.4. The van der Waals surface area contributed by atoms with E-state index in [9.17, 15) is 4.79 Å². The third kappa shape index (κ3) is 6.53. The van der Waals surface area contributed by atoms with Crippen LogP contribution < -0.4 is 20.1 Å². The third-order valence-corrected chi connectivity index (χ3v) is 8.01. The van der Waals surface area contributed by atoms with E-state index in [0.717, 1.165) is 49.4 Å². The number of methoxy groups -OCH3 is 2. The van der Waals surface area contributed by atoms with Crippen LogP contribution in [0.2, 0.25) is 5.02 Å². The Bertz CT molecular complexity index is 1850. The quantitative estimate of drug-likeness (QED) is 0.202. The van der Waals surface area contributed by atoms with Crippen molar-refractivity contribution in [2.75, 3.05) is 64.2 Å². The molecule has 1 aliphatic heterocycles. The third-order valence-electron chi connectivity index (χ3n) is 7.62. The first-order valence-electron chi connectivity index (χ1n) is 14.5. The molecule has 232 valence electrons. The zero-order valence-electron chi connectivity index (χ0n) is 25.0. The molecule has 0 bridgehead atoms. The number of amides is 1. The van der Waals surface area contributed by atoms with Crippen LogP contribution in [-0.4, -0.2) is 89.0 Å². The van der Waals surface area contributed by atoms with E-state index in [1.54, 1.807) is 26.5 Å². The number of anilines is 2. The molecule has 13 heteroatoms. The molecular weight excluding hydrogens is 596 g/mol. The summed E-state index contributed by atoms with van der Waals surface area (Å²) in [5.74, 6) is 1.97. The minimum Gasteiger partial charge on any atom is -0.497 e. The van der Waals surface area contributed by atoms with Crippen molar-refractivity contribution in [1.29, 1.82) is 0 Å². The van der Waals surface area contributed by atoms with E-state index in [1.807, 2.05) is 40.8 Å². The van der Waals surface area contributed by atoms with Gasteiger partial charge in [0.25, 0.3) is 0 Å². The van der Waals surface area contributed by atoms with E-state index >= 15 is 0 Å². The molecular formula is C32H33ClN8O4. The molecule has 2 aromatic carbocycles. The van der Waals surface area contributed by atoms with Gasteiger partial charge in [0, 0.05) is 67.1 Å². The second-order valence-corrected chi connectivity index (χ2v) is 10.8. The summed E-state index contributed by atoms with van der Waals surface area (Å²) in [7, 11) is 3.15. The van der Waals surface area contributed by atoms with Gasteiger partial charge in [-0.15, -0.1) is 10.2 Å². The Labute approximate surface area is 265 Å². The fourth-order valence-electron chi connectivity index (χ4n) is 5.26. The van der Waals surface area contributed by atoms with Crippen molar-refractivity contribution < 1.29 is 19.0 Å². The molecule has 1 fully saturated rings. The van der Waals surface area contributed by atoms with Crippen LogP contribution in [0.5, 0.6) is 11.5 Å². The number of fused-ring (bicyclic) bond motifs is 3. The molecule has 1 amide bonds. The van der Waals surface area contributed by atoms with E-state index in [0.29, 0.717) is 63.8 Å². The fourth-order valence-corrected chi connectivity index (χ4v) is 5.55. The minimum absolute atomic E-state index is 0.271. The maximum atomic E-state index is 11.7. The number of morpholine rings is 1. The zero-order chi connectivity index (χ0) is 31.3. The molecule has 1 aliphatic rings. The van der Waals surface area contributed by atoms with Crippen molar-refractivity contribution in [2.45, 2.75) is 6.42 Å². The Morgan fingerprint density at radius 2 is 1.87 bits per heavy atom. The molecule has 45 heavy (non-hydrogen) atoms. The predicted octanol–water partition coefficient (Wildman–Crippen LogP) is 4.47. The fraction of sp³-hybridized carbons (Fsp3) is 0.281. The second kappa shape index (κ2) is 13.5. The summed E-state index contributed by atoms with van der Waals surface area (Å²) in [6, 6.07) is 13.1. The normalized spacial score (nSPS) is 13.6. The lowest BCUT2D eigenvalue weighted by Gasteiger charge is -2.26. The highest BCUT2D eigenvalue weighted by molar-refractivity contribution is 6.35. The summed E-state index contributed by atoms with van der Waals surface area (Å²) >= 11 is 6.84. The average Bonchev–Trinajstić information content (AvgIpc) is 3.49. The SMILES string of the molecule is C=CC(=O)Nc1ccc(Cc2nnc3c(-c4cc(OC)cc(OC)c4Cl)cc4cnc(NCCN5CCOCC5)nc4n23)cc1. The number of halogens is 1. The van der Waals surface area contributed by atoms with Crippen molar-refractivity contribution in [3.63, 3.8) is 0 Å². The molecule has 0 saturated carbocycles. The maximum absolute atomic E-state index is 11.7. The highest BCUT2D eigenvalue weighted by atomic mass is 35.5. The molecule has 12 nitrogen and oxygen atoms in total. The van der Waals surface area contributed by atoms with E-state index in [4.69, 9.17) is 30.8 Å². The number of ether oxygens (including phenoxy) is 3. The van der Waals surface area contributed by atoms with Gasteiger partial charge in [0.1, 0.15) is 17.3 Å². The van der Waals surface area contributed by atoms with Gasteiger partial charge < -0.3 is 24.8 Å². The minimum atomic E-state index is -0.271. The Hall–Kier alpha value is -4.78. The maximum Gasteiger partial charge on any atom is 0.247 e. The summed E-state index contributed by atoms with van der Waals surface area (Å²) < 4.78 is 18.5. The standard InChI is InChI=1S/C32H33ClN8O4/c1-4-28(42)36-22-7-5-20(6-8-22)15-27-38-39-31-25(24-17-23(43-2)18-26(44-3)29(24)33)16-21-19-35-32(37-30(21)41(27)31)34-9-10-40-11-13-45-14-12-40/h4-8,16-19H,1,9-15H2,2-3H3,(H,36,42)(H,34,35,37). The first-order valence-corrected chi connectivity index (χ1v) is 14.9. The summed E-state index contributed by atoms with van der Waals surface area (Å²) in [6.45, 7) is 8.37. The van der Waals surface area contributed by atoms with E-state index < -0.39 is 0 Å². The number of rotatable bonds is 11. The van der Waals surface area contributed by atoms with Crippen LogP contribution in [0.25, 0.3) is 27.8 Å². The summed E-state index contributed by atoms with van der Waals surface area (Å²) in [6.07, 6.45) is 3.47. The number of nitrogens with one attached hydrogen (secondary N) is 2. The summed E-state index contributed by atoms with van der Waals surface area (Å²) in [5, 5.41) is 16.6.